The third-order valence-electron chi connectivity index (χ3n) is 15.7. The monoisotopic (exact) mass is 990 g/mol. The SMILES string of the molecule is C1=CCC([Si](c2ccccc2)(c2ccccc2)c2cccc(-c3cc(-n4c5ccccc5c5cc(-c6ccccc6)ccc54)cc(-c4cccc([Si](c5ccccc5)(c5ccccc5)c5ccccc5)c4)n3)c2)C=C1. The van der Waals surface area contributed by atoms with E-state index in [1.54, 1.807) is 0 Å². The zero-order chi connectivity index (χ0) is 50.0. The number of fused-ring (bicyclic) bond motifs is 3. The minimum absolute atomic E-state index is 0.307. The predicted octanol–water partition coefficient (Wildman–Crippen LogP) is 12.9. The molecular formula is C71H54N2Si2. The number of para-hydroxylation sites is 1. The maximum absolute atomic E-state index is 5.81. The Bertz CT molecular complexity index is 3880. The lowest BCUT2D eigenvalue weighted by Crippen LogP contribution is -2.74. The van der Waals surface area contributed by atoms with Crippen molar-refractivity contribution < 1.29 is 0 Å². The summed E-state index contributed by atoms with van der Waals surface area (Å²) in [6, 6.07) is 106. The molecule has 0 fully saturated rings. The summed E-state index contributed by atoms with van der Waals surface area (Å²) >= 11 is 0. The quantitative estimate of drug-likeness (QED) is 0.0881. The van der Waals surface area contributed by atoms with Gasteiger partial charge in [-0.1, -0.05) is 279 Å². The fourth-order valence-electron chi connectivity index (χ4n) is 12.3. The highest BCUT2D eigenvalue weighted by atomic mass is 28.3. The minimum Gasteiger partial charge on any atom is -0.309 e. The van der Waals surface area contributed by atoms with Crippen molar-refractivity contribution in [2.75, 3.05) is 0 Å². The van der Waals surface area contributed by atoms with Crippen molar-refractivity contribution in [1.29, 1.82) is 0 Å². The summed E-state index contributed by atoms with van der Waals surface area (Å²) < 4.78 is 2.46. The normalized spacial score (nSPS) is 13.6. The molecule has 12 aromatic rings. The first-order valence-corrected chi connectivity index (χ1v) is 30.2. The van der Waals surface area contributed by atoms with Gasteiger partial charge in [0.2, 0.25) is 0 Å². The topological polar surface area (TPSA) is 17.8 Å². The summed E-state index contributed by atoms with van der Waals surface area (Å²) in [5, 5.41) is 11.9. The van der Waals surface area contributed by atoms with E-state index < -0.39 is 16.1 Å². The van der Waals surface area contributed by atoms with E-state index in [4.69, 9.17) is 4.98 Å². The van der Waals surface area contributed by atoms with E-state index in [2.05, 4.69) is 314 Å². The van der Waals surface area contributed by atoms with Crippen LogP contribution in [0.4, 0.5) is 0 Å². The molecule has 1 aliphatic rings. The van der Waals surface area contributed by atoms with Crippen molar-refractivity contribution >= 4 is 74.3 Å². The summed E-state index contributed by atoms with van der Waals surface area (Å²) in [5.41, 5.74) is 10.1. The number of allylic oxidation sites excluding steroid dienone is 4. The predicted molar refractivity (Wildman–Crippen MR) is 323 cm³/mol. The zero-order valence-electron chi connectivity index (χ0n) is 41.6. The molecule has 2 aromatic heterocycles. The Morgan fingerprint density at radius 1 is 0.333 bits per heavy atom. The summed E-state index contributed by atoms with van der Waals surface area (Å²) in [5.74, 6) is 0. The Morgan fingerprint density at radius 2 is 0.787 bits per heavy atom. The lowest BCUT2D eigenvalue weighted by Gasteiger charge is -2.40. The molecule has 1 aliphatic carbocycles. The Balaban J connectivity index is 1.07. The van der Waals surface area contributed by atoms with E-state index in [9.17, 15) is 0 Å². The minimum atomic E-state index is -2.86. The van der Waals surface area contributed by atoms with Crippen LogP contribution in [0, 0.1) is 0 Å². The molecule has 0 saturated heterocycles. The van der Waals surface area contributed by atoms with E-state index in [0.717, 1.165) is 45.7 Å². The van der Waals surface area contributed by atoms with Crippen LogP contribution in [0.25, 0.3) is 61.1 Å². The van der Waals surface area contributed by atoms with E-state index >= 15 is 0 Å². The van der Waals surface area contributed by atoms with Gasteiger partial charge in [-0.3, -0.25) is 0 Å². The number of rotatable bonds is 12. The average Bonchev–Trinajstić information content (AvgIpc) is 3.87. The number of nitrogens with zero attached hydrogens (tertiary/aromatic N) is 2. The maximum atomic E-state index is 5.81. The Morgan fingerprint density at radius 3 is 1.33 bits per heavy atom. The summed E-state index contributed by atoms with van der Waals surface area (Å²) in [6.07, 6.45) is 10.3. The largest absolute Gasteiger partial charge is 0.309 e. The van der Waals surface area contributed by atoms with E-state index in [1.165, 1.54) is 58.2 Å². The van der Waals surface area contributed by atoms with Gasteiger partial charge in [0.1, 0.15) is 0 Å². The molecular weight excluding hydrogens is 937 g/mol. The first-order valence-electron chi connectivity index (χ1n) is 26.1. The number of hydrogen-bond donors (Lipinski definition) is 0. The third-order valence-corrected chi connectivity index (χ3v) is 25.7. The second-order valence-corrected chi connectivity index (χ2v) is 27.7. The van der Waals surface area contributed by atoms with Crippen molar-refractivity contribution in [3.05, 3.63) is 309 Å². The Kier molecular flexibility index (Phi) is 12.1. The van der Waals surface area contributed by atoms with Gasteiger partial charge in [-0.25, -0.2) is 4.98 Å². The molecule has 10 aromatic carbocycles. The molecule has 0 aliphatic heterocycles. The van der Waals surface area contributed by atoms with Gasteiger partial charge in [-0.2, -0.15) is 0 Å². The summed E-state index contributed by atoms with van der Waals surface area (Å²) in [7, 11) is -5.59. The molecule has 2 nitrogen and oxygen atoms in total. The highest BCUT2D eigenvalue weighted by molar-refractivity contribution is 7.20. The molecule has 0 N–H and O–H groups in total. The smallest absolute Gasteiger partial charge is 0.179 e. The van der Waals surface area contributed by atoms with Gasteiger partial charge in [0.15, 0.2) is 16.1 Å². The molecule has 0 bridgehead atoms. The number of benzene rings is 10. The fraction of sp³-hybridized carbons (Fsp3) is 0.0282. The van der Waals surface area contributed by atoms with Crippen LogP contribution in [0.5, 0.6) is 0 Å². The van der Waals surface area contributed by atoms with Crippen LogP contribution in [0.15, 0.2) is 309 Å². The standard InChI is InChI=1S/C71H54N2Si2/c1-8-26-53(27-9-1)54-46-47-71-67(50-54)66-44-22-23-45-70(66)73(71)57-51-68(55-28-24-42-64(48-55)74(58-30-10-2-11-31-58,59-32-12-3-13-33-59)60-34-14-4-15-35-60)72-69(52-57)56-29-25-43-65(49-56)75(61-36-16-5-17-37-61,62-38-18-6-19-39-62)63-40-20-7-21-41-63/h1-40,42-52,63H,41H2. The lowest BCUT2D eigenvalue weighted by atomic mass is 10.0. The van der Waals surface area contributed by atoms with E-state index in [-0.39, 0.29) is 0 Å². The molecule has 13 rings (SSSR count). The van der Waals surface area contributed by atoms with Gasteiger partial charge in [-0.05, 0) is 89.7 Å². The van der Waals surface area contributed by atoms with Crippen molar-refractivity contribution in [2.45, 2.75) is 12.0 Å². The fourth-order valence-corrected chi connectivity index (χ4v) is 22.5. The van der Waals surface area contributed by atoms with Crippen LogP contribution >= 0.6 is 0 Å². The van der Waals surface area contributed by atoms with Crippen LogP contribution in [-0.2, 0) is 0 Å². The highest BCUT2D eigenvalue weighted by Gasteiger charge is 2.45. The van der Waals surface area contributed by atoms with Crippen LogP contribution < -0.4 is 36.3 Å². The zero-order valence-corrected chi connectivity index (χ0v) is 43.6. The molecule has 0 spiro atoms. The molecule has 356 valence electrons. The molecule has 0 radical (unpaired) electrons. The second-order valence-electron chi connectivity index (χ2n) is 19.8. The molecule has 0 saturated carbocycles. The van der Waals surface area contributed by atoms with Gasteiger partial charge in [0.05, 0.1) is 28.1 Å². The molecule has 4 heteroatoms. The molecule has 75 heavy (non-hydrogen) atoms. The Hall–Kier alpha value is -8.94. The van der Waals surface area contributed by atoms with E-state index in [0.29, 0.717) is 5.54 Å². The first kappa shape index (κ1) is 45.9. The molecule has 2 heterocycles. The first-order chi connectivity index (χ1) is 37.2. The van der Waals surface area contributed by atoms with Crippen molar-refractivity contribution in [2.24, 2.45) is 0 Å². The lowest BCUT2D eigenvalue weighted by molar-refractivity contribution is 0.997. The van der Waals surface area contributed by atoms with Gasteiger partial charge in [-0.15, -0.1) is 0 Å². The van der Waals surface area contributed by atoms with Crippen LogP contribution in [0.2, 0.25) is 5.54 Å². The van der Waals surface area contributed by atoms with Crippen molar-refractivity contribution in [3.63, 3.8) is 0 Å². The van der Waals surface area contributed by atoms with Crippen LogP contribution in [0.3, 0.4) is 0 Å². The maximum Gasteiger partial charge on any atom is 0.179 e. The van der Waals surface area contributed by atoms with Crippen molar-refractivity contribution in [1.82, 2.24) is 9.55 Å². The molecule has 0 amide bonds. The molecule has 1 unspecified atom stereocenters. The number of hydrogen-bond acceptors (Lipinski definition) is 1. The number of pyridine rings is 1. The summed E-state index contributed by atoms with van der Waals surface area (Å²) in [4.78, 5) is 5.81. The molecule has 1 atom stereocenters. The van der Waals surface area contributed by atoms with E-state index in [1.807, 2.05) is 0 Å². The third kappa shape index (κ3) is 8.07. The van der Waals surface area contributed by atoms with Gasteiger partial charge in [0.25, 0.3) is 0 Å². The van der Waals surface area contributed by atoms with Gasteiger partial charge >= 0.3 is 0 Å². The van der Waals surface area contributed by atoms with Gasteiger partial charge in [0, 0.05) is 21.9 Å². The summed E-state index contributed by atoms with van der Waals surface area (Å²) in [6.45, 7) is 0. The van der Waals surface area contributed by atoms with Gasteiger partial charge < -0.3 is 4.57 Å². The highest BCUT2D eigenvalue weighted by Crippen LogP contribution is 2.38. The number of aromatic nitrogens is 2. The van der Waals surface area contributed by atoms with Crippen molar-refractivity contribution in [3.8, 4) is 39.3 Å². The Labute approximate surface area is 442 Å². The van der Waals surface area contributed by atoms with Crippen LogP contribution in [-0.4, -0.2) is 25.7 Å². The van der Waals surface area contributed by atoms with Crippen LogP contribution in [0.1, 0.15) is 6.42 Å². The second kappa shape index (κ2) is 19.8. The average molecular weight is 991 g/mol.